The number of hydrogen-bond donors (Lipinski definition) is 2. The summed E-state index contributed by atoms with van der Waals surface area (Å²) in [7, 11) is 0. The second-order valence-electron chi connectivity index (χ2n) is 7.80. The van der Waals surface area contributed by atoms with Crippen molar-refractivity contribution in [3.05, 3.63) is 78.1 Å². The topological polar surface area (TPSA) is 64.8 Å². The van der Waals surface area contributed by atoms with Crippen molar-refractivity contribution in [2.24, 2.45) is 0 Å². The summed E-state index contributed by atoms with van der Waals surface area (Å²) in [5.41, 5.74) is 4.93. The quantitative estimate of drug-likeness (QED) is 0.494. The predicted molar refractivity (Wildman–Crippen MR) is 115 cm³/mol. The highest BCUT2D eigenvalue weighted by atomic mass is 16.1. The Morgan fingerprint density at radius 2 is 1.90 bits per heavy atom. The van der Waals surface area contributed by atoms with E-state index >= 15 is 0 Å². The van der Waals surface area contributed by atoms with Crippen molar-refractivity contribution in [2.45, 2.75) is 18.8 Å². The number of benzene rings is 2. The molecule has 1 atom stereocenters. The van der Waals surface area contributed by atoms with Crippen LogP contribution in [-0.2, 0) is 0 Å². The SMILES string of the molecule is O=C(CN1CCCC(c2ccn[nH]2)C1)c1c(-c2ccccc2)[nH]c2ccccc12. The standard InChI is InChI=1S/C24H24N4O/c29-22(16-28-14-6-9-18(15-28)20-12-13-25-27-20)23-19-10-4-5-11-21(19)26-24(23)17-7-2-1-3-8-17/h1-5,7-8,10-13,18,26H,6,9,14-16H2,(H,25,27). The Labute approximate surface area is 169 Å². The highest BCUT2D eigenvalue weighted by Gasteiger charge is 2.26. The number of likely N-dealkylation sites (tertiary alicyclic amines) is 1. The van der Waals surface area contributed by atoms with Crippen molar-refractivity contribution in [3.8, 4) is 11.3 Å². The number of hydrogen-bond acceptors (Lipinski definition) is 3. The van der Waals surface area contributed by atoms with Crippen molar-refractivity contribution < 1.29 is 4.79 Å². The molecule has 29 heavy (non-hydrogen) atoms. The summed E-state index contributed by atoms with van der Waals surface area (Å²) in [6.45, 7) is 2.28. The Kier molecular flexibility index (Phi) is 4.74. The number of H-pyrrole nitrogens is 2. The fourth-order valence-corrected chi connectivity index (χ4v) is 4.48. The van der Waals surface area contributed by atoms with E-state index in [9.17, 15) is 4.79 Å². The fourth-order valence-electron chi connectivity index (χ4n) is 4.48. The van der Waals surface area contributed by atoms with E-state index in [1.165, 1.54) is 5.69 Å². The zero-order valence-electron chi connectivity index (χ0n) is 16.3. The first kappa shape index (κ1) is 17.9. The summed E-state index contributed by atoms with van der Waals surface area (Å²) in [6.07, 6.45) is 4.03. The van der Waals surface area contributed by atoms with Crippen LogP contribution in [0.5, 0.6) is 0 Å². The van der Waals surface area contributed by atoms with E-state index in [0.29, 0.717) is 12.5 Å². The summed E-state index contributed by atoms with van der Waals surface area (Å²) >= 11 is 0. The Morgan fingerprint density at radius 3 is 2.72 bits per heavy atom. The van der Waals surface area contributed by atoms with Crippen LogP contribution < -0.4 is 0 Å². The maximum absolute atomic E-state index is 13.5. The molecule has 2 aromatic heterocycles. The number of para-hydroxylation sites is 1. The molecule has 0 spiro atoms. The van der Waals surface area contributed by atoms with Crippen molar-refractivity contribution in [2.75, 3.05) is 19.6 Å². The van der Waals surface area contributed by atoms with Gasteiger partial charge >= 0.3 is 0 Å². The van der Waals surface area contributed by atoms with E-state index in [1.54, 1.807) is 6.20 Å². The van der Waals surface area contributed by atoms with Crippen LogP contribution in [0.3, 0.4) is 0 Å². The van der Waals surface area contributed by atoms with Crippen molar-refractivity contribution >= 4 is 16.7 Å². The lowest BCUT2D eigenvalue weighted by Gasteiger charge is -2.31. The molecule has 1 fully saturated rings. The molecule has 1 aliphatic heterocycles. The molecule has 2 N–H and O–H groups in total. The fraction of sp³-hybridized carbons (Fsp3) is 0.250. The molecule has 1 unspecified atom stereocenters. The lowest BCUT2D eigenvalue weighted by molar-refractivity contribution is 0.0908. The second-order valence-corrected chi connectivity index (χ2v) is 7.80. The average molecular weight is 384 g/mol. The van der Waals surface area contributed by atoms with Gasteiger partial charge in [-0.05, 0) is 37.1 Å². The lowest BCUT2D eigenvalue weighted by atomic mass is 9.94. The lowest BCUT2D eigenvalue weighted by Crippen LogP contribution is -2.38. The van der Waals surface area contributed by atoms with Gasteiger partial charge < -0.3 is 4.98 Å². The Balaban J connectivity index is 1.45. The first-order chi connectivity index (χ1) is 14.3. The van der Waals surface area contributed by atoms with E-state index in [2.05, 4.69) is 32.2 Å². The van der Waals surface area contributed by atoms with Crippen molar-refractivity contribution in [1.29, 1.82) is 0 Å². The second kappa shape index (κ2) is 7.68. The number of fused-ring (bicyclic) bond motifs is 1. The predicted octanol–water partition coefficient (Wildman–Crippen LogP) is 4.62. The monoisotopic (exact) mass is 384 g/mol. The van der Waals surface area contributed by atoms with E-state index < -0.39 is 0 Å². The highest BCUT2D eigenvalue weighted by molar-refractivity contribution is 6.14. The molecule has 5 heteroatoms. The Morgan fingerprint density at radius 1 is 1.07 bits per heavy atom. The molecular formula is C24H24N4O. The van der Waals surface area contributed by atoms with Crippen LogP contribution in [0.25, 0.3) is 22.2 Å². The van der Waals surface area contributed by atoms with Gasteiger partial charge in [-0.2, -0.15) is 5.10 Å². The summed E-state index contributed by atoms with van der Waals surface area (Å²) in [5.74, 6) is 0.585. The molecule has 2 aromatic carbocycles. The van der Waals surface area contributed by atoms with Crippen LogP contribution in [0.1, 0.15) is 34.8 Å². The third-order valence-corrected chi connectivity index (χ3v) is 5.88. The highest BCUT2D eigenvalue weighted by Crippen LogP contribution is 2.32. The number of carbonyl (C=O) groups is 1. The van der Waals surface area contributed by atoms with Gasteiger partial charge in [-0.25, -0.2) is 0 Å². The van der Waals surface area contributed by atoms with E-state index in [-0.39, 0.29) is 5.78 Å². The molecule has 0 bridgehead atoms. The number of nitrogens with zero attached hydrogens (tertiary/aromatic N) is 2. The zero-order chi connectivity index (χ0) is 19.6. The van der Waals surface area contributed by atoms with Crippen LogP contribution in [0.2, 0.25) is 0 Å². The normalized spacial score (nSPS) is 17.6. The van der Waals surface area contributed by atoms with E-state index in [4.69, 9.17) is 0 Å². The van der Waals surface area contributed by atoms with Gasteiger partial charge in [-0.15, -0.1) is 0 Å². The maximum atomic E-state index is 13.5. The van der Waals surface area contributed by atoms with Crippen LogP contribution >= 0.6 is 0 Å². The Bertz CT molecular complexity index is 1110. The molecule has 0 aliphatic carbocycles. The number of ketones is 1. The van der Waals surface area contributed by atoms with Crippen LogP contribution in [0.4, 0.5) is 0 Å². The van der Waals surface area contributed by atoms with Gasteiger partial charge in [0.25, 0.3) is 0 Å². The minimum absolute atomic E-state index is 0.173. The number of carbonyl (C=O) groups excluding carboxylic acids is 1. The number of rotatable bonds is 5. The summed E-state index contributed by atoms with van der Waals surface area (Å²) in [4.78, 5) is 19.3. The molecule has 0 amide bonds. The first-order valence-corrected chi connectivity index (χ1v) is 10.2. The molecule has 146 valence electrons. The number of piperidine rings is 1. The van der Waals surface area contributed by atoms with Crippen molar-refractivity contribution in [1.82, 2.24) is 20.1 Å². The summed E-state index contributed by atoms with van der Waals surface area (Å²) in [6, 6.07) is 20.2. The number of Topliss-reactive ketones (excluding diaryl/α,β-unsaturated/α-hetero) is 1. The number of nitrogens with one attached hydrogen (secondary N) is 2. The molecule has 3 heterocycles. The maximum Gasteiger partial charge on any atom is 0.179 e. The summed E-state index contributed by atoms with van der Waals surface area (Å²) in [5, 5.41) is 8.18. The smallest absolute Gasteiger partial charge is 0.179 e. The molecule has 1 saturated heterocycles. The minimum Gasteiger partial charge on any atom is -0.354 e. The Hall–Kier alpha value is -3.18. The molecule has 5 rings (SSSR count). The minimum atomic E-state index is 0.173. The van der Waals surface area contributed by atoms with Gasteiger partial charge in [-0.1, -0.05) is 48.5 Å². The van der Waals surface area contributed by atoms with Gasteiger partial charge in [-0.3, -0.25) is 14.8 Å². The molecule has 0 radical (unpaired) electrons. The van der Waals surface area contributed by atoms with Gasteiger partial charge in [0.05, 0.1) is 17.8 Å². The van der Waals surface area contributed by atoms with Gasteiger partial charge in [0, 0.05) is 35.3 Å². The van der Waals surface area contributed by atoms with Crippen LogP contribution in [-0.4, -0.2) is 45.5 Å². The third kappa shape index (κ3) is 3.49. The molecule has 1 aliphatic rings. The van der Waals surface area contributed by atoms with Gasteiger partial charge in [0.2, 0.25) is 0 Å². The molecular weight excluding hydrogens is 360 g/mol. The number of aromatic amines is 2. The van der Waals surface area contributed by atoms with Crippen molar-refractivity contribution in [3.63, 3.8) is 0 Å². The molecule has 4 aromatic rings. The first-order valence-electron chi connectivity index (χ1n) is 10.2. The summed E-state index contributed by atoms with van der Waals surface area (Å²) < 4.78 is 0. The van der Waals surface area contributed by atoms with Gasteiger partial charge in [0.15, 0.2) is 5.78 Å². The van der Waals surface area contributed by atoms with E-state index in [0.717, 1.165) is 53.7 Å². The van der Waals surface area contributed by atoms with Gasteiger partial charge in [0.1, 0.15) is 0 Å². The zero-order valence-corrected chi connectivity index (χ0v) is 16.3. The van der Waals surface area contributed by atoms with E-state index in [1.807, 2.05) is 48.5 Å². The third-order valence-electron chi connectivity index (χ3n) is 5.88. The van der Waals surface area contributed by atoms with Crippen LogP contribution in [0.15, 0.2) is 66.9 Å². The average Bonchev–Trinajstić information content (AvgIpc) is 3.43. The number of aromatic nitrogens is 3. The largest absolute Gasteiger partial charge is 0.354 e. The molecule has 5 nitrogen and oxygen atoms in total. The van der Waals surface area contributed by atoms with Crippen LogP contribution in [0, 0.1) is 0 Å². The molecule has 0 saturated carbocycles.